The standard InChI is InChI=1S/C24H37N3O6/c1-5-15-12-24(15,21(30)31)26-19(28)17-7-6-8-27(17)20(29)18(23(2,3)4)25-22(32)33-16-10-13-9-14(13)11-16/h13-18H,5-12H2,1-4H3,(H,25,32)(H,26,28)(H,30,31)/t13-,14+,15-,16?,17+,18-,24-/m1/s1. The predicted octanol–water partition coefficient (Wildman–Crippen LogP) is 2.29. The number of alkyl carbamates (subject to hydrolysis) is 1. The first-order valence-electron chi connectivity index (χ1n) is 12.3. The third-order valence-electron chi connectivity index (χ3n) is 8.01. The fourth-order valence-electron chi connectivity index (χ4n) is 5.77. The monoisotopic (exact) mass is 463 g/mol. The molecule has 7 atom stereocenters. The van der Waals surface area contributed by atoms with Crippen molar-refractivity contribution in [2.75, 3.05) is 6.54 Å². The largest absolute Gasteiger partial charge is 0.479 e. The van der Waals surface area contributed by atoms with Crippen LogP contribution in [0.5, 0.6) is 0 Å². The van der Waals surface area contributed by atoms with E-state index in [1.807, 2.05) is 27.7 Å². The van der Waals surface area contributed by atoms with Crippen LogP contribution in [0.15, 0.2) is 0 Å². The molecule has 4 aliphatic rings. The molecule has 3 saturated carbocycles. The summed E-state index contributed by atoms with van der Waals surface area (Å²) in [6.45, 7) is 7.88. The zero-order valence-corrected chi connectivity index (χ0v) is 20.1. The zero-order chi connectivity index (χ0) is 24.1. The van der Waals surface area contributed by atoms with Gasteiger partial charge < -0.3 is 25.4 Å². The lowest BCUT2D eigenvalue weighted by atomic mass is 9.85. The summed E-state index contributed by atoms with van der Waals surface area (Å²) < 4.78 is 5.58. The van der Waals surface area contributed by atoms with Crippen LogP contribution in [0.4, 0.5) is 4.79 Å². The van der Waals surface area contributed by atoms with Crippen molar-refractivity contribution < 1.29 is 29.0 Å². The minimum absolute atomic E-state index is 0.0907. The molecule has 1 heterocycles. The molecule has 184 valence electrons. The van der Waals surface area contributed by atoms with Crippen LogP contribution in [-0.2, 0) is 19.1 Å². The number of hydrogen-bond donors (Lipinski definition) is 3. The molecule has 1 aliphatic heterocycles. The highest BCUT2D eigenvalue weighted by atomic mass is 16.6. The maximum Gasteiger partial charge on any atom is 0.408 e. The van der Waals surface area contributed by atoms with Crippen molar-refractivity contribution in [1.29, 1.82) is 0 Å². The second-order valence-electron chi connectivity index (χ2n) is 11.5. The lowest BCUT2D eigenvalue weighted by molar-refractivity contribution is -0.146. The van der Waals surface area contributed by atoms with E-state index >= 15 is 0 Å². The van der Waals surface area contributed by atoms with Gasteiger partial charge in [-0.05, 0) is 61.7 Å². The molecule has 1 saturated heterocycles. The fourth-order valence-corrected chi connectivity index (χ4v) is 5.77. The minimum atomic E-state index is -1.23. The van der Waals surface area contributed by atoms with Crippen LogP contribution in [0, 0.1) is 23.2 Å². The third-order valence-corrected chi connectivity index (χ3v) is 8.01. The molecule has 3 aliphatic carbocycles. The topological polar surface area (TPSA) is 125 Å². The van der Waals surface area contributed by atoms with Gasteiger partial charge in [-0.1, -0.05) is 34.1 Å². The van der Waals surface area contributed by atoms with Gasteiger partial charge in [0.05, 0.1) is 0 Å². The van der Waals surface area contributed by atoms with E-state index in [1.165, 1.54) is 11.3 Å². The predicted molar refractivity (Wildman–Crippen MR) is 119 cm³/mol. The van der Waals surface area contributed by atoms with Crippen LogP contribution >= 0.6 is 0 Å². The Balaban J connectivity index is 1.41. The first-order valence-corrected chi connectivity index (χ1v) is 12.3. The lowest BCUT2D eigenvalue weighted by Crippen LogP contribution is -2.59. The Bertz CT molecular complexity index is 829. The van der Waals surface area contributed by atoms with E-state index in [2.05, 4.69) is 10.6 Å². The molecule has 9 nitrogen and oxygen atoms in total. The molecule has 0 aromatic heterocycles. The van der Waals surface area contributed by atoms with Gasteiger partial charge in [-0.25, -0.2) is 9.59 Å². The summed E-state index contributed by atoms with van der Waals surface area (Å²) in [4.78, 5) is 52.5. The Morgan fingerprint density at radius 3 is 2.36 bits per heavy atom. The normalized spacial score (nSPS) is 35.4. The Hall–Kier alpha value is -2.32. The van der Waals surface area contributed by atoms with E-state index in [0.717, 1.165) is 12.8 Å². The number of ether oxygens (including phenoxy) is 1. The molecule has 0 spiro atoms. The Morgan fingerprint density at radius 2 is 1.82 bits per heavy atom. The molecule has 0 bridgehead atoms. The quantitative estimate of drug-likeness (QED) is 0.532. The summed E-state index contributed by atoms with van der Waals surface area (Å²) >= 11 is 0. The highest BCUT2D eigenvalue weighted by Crippen LogP contribution is 2.52. The molecule has 4 rings (SSSR count). The molecular weight excluding hydrogens is 426 g/mol. The van der Waals surface area contributed by atoms with E-state index in [0.29, 0.717) is 44.1 Å². The van der Waals surface area contributed by atoms with E-state index in [1.54, 1.807) is 0 Å². The van der Waals surface area contributed by atoms with E-state index < -0.39 is 41.0 Å². The Kier molecular flexibility index (Phi) is 6.12. The number of aliphatic carboxylic acids is 1. The molecule has 0 aromatic rings. The van der Waals surface area contributed by atoms with Gasteiger partial charge in [0.1, 0.15) is 23.7 Å². The number of nitrogens with zero attached hydrogens (tertiary/aromatic N) is 1. The van der Waals surface area contributed by atoms with Gasteiger partial charge in [-0.15, -0.1) is 0 Å². The fraction of sp³-hybridized carbons (Fsp3) is 0.833. The molecule has 1 unspecified atom stereocenters. The van der Waals surface area contributed by atoms with Crippen molar-refractivity contribution >= 4 is 23.9 Å². The highest BCUT2D eigenvalue weighted by Gasteiger charge is 2.61. The number of carbonyl (C=O) groups is 4. The van der Waals surface area contributed by atoms with E-state index in [9.17, 15) is 24.3 Å². The average Bonchev–Trinajstić information content (AvgIpc) is 3.50. The van der Waals surface area contributed by atoms with Crippen molar-refractivity contribution in [2.45, 2.75) is 96.4 Å². The number of fused-ring (bicyclic) bond motifs is 1. The lowest BCUT2D eigenvalue weighted by Gasteiger charge is -2.35. The van der Waals surface area contributed by atoms with Gasteiger partial charge in [0, 0.05) is 6.54 Å². The summed E-state index contributed by atoms with van der Waals surface area (Å²) in [7, 11) is 0. The van der Waals surface area contributed by atoms with Gasteiger partial charge in [-0.2, -0.15) is 0 Å². The zero-order valence-electron chi connectivity index (χ0n) is 20.1. The molecular formula is C24H37N3O6. The maximum absolute atomic E-state index is 13.5. The van der Waals surface area contributed by atoms with Crippen LogP contribution in [0.3, 0.4) is 0 Å². The van der Waals surface area contributed by atoms with Gasteiger partial charge >= 0.3 is 12.1 Å². The van der Waals surface area contributed by atoms with Crippen LogP contribution in [0.1, 0.15) is 72.6 Å². The molecule has 0 radical (unpaired) electrons. The molecule has 0 aromatic carbocycles. The minimum Gasteiger partial charge on any atom is -0.479 e. The van der Waals surface area contributed by atoms with Crippen LogP contribution in [0.25, 0.3) is 0 Å². The summed E-state index contributed by atoms with van der Waals surface area (Å²) in [6.07, 6.45) is 4.52. The maximum atomic E-state index is 13.5. The molecule has 4 fully saturated rings. The molecule has 9 heteroatoms. The van der Waals surface area contributed by atoms with E-state index in [-0.39, 0.29) is 17.9 Å². The number of nitrogens with one attached hydrogen (secondary N) is 2. The van der Waals surface area contributed by atoms with Crippen LogP contribution in [-0.4, -0.2) is 64.2 Å². The van der Waals surface area contributed by atoms with Crippen molar-refractivity contribution in [3.05, 3.63) is 0 Å². The van der Waals surface area contributed by atoms with Crippen LogP contribution in [0.2, 0.25) is 0 Å². The van der Waals surface area contributed by atoms with Crippen molar-refractivity contribution in [2.24, 2.45) is 23.2 Å². The number of hydrogen-bond acceptors (Lipinski definition) is 5. The van der Waals surface area contributed by atoms with Gasteiger partial charge in [0.2, 0.25) is 11.8 Å². The summed E-state index contributed by atoms with van der Waals surface area (Å²) in [5.41, 5.74) is -1.82. The Labute approximate surface area is 195 Å². The molecule has 33 heavy (non-hydrogen) atoms. The van der Waals surface area contributed by atoms with E-state index in [4.69, 9.17) is 4.74 Å². The summed E-state index contributed by atoms with van der Waals surface area (Å²) in [5, 5.41) is 15.1. The molecule has 3 N–H and O–H groups in total. The second-order valence-corrected chi connectivity index (χ2v) is 11.5. The van der Waals surface area contributed by atoms with Crippen molar-refractivity contribution in [3.8, 4) is 0 Å². The highest BCUT2D eigenvalue weighted by molar-refractivity contribution is 5.96. The van der Waals surface area contributed by atoms with Gasteiger partial charge in [0.25, 0.3) is 0 Å². The third kappa shape index (κ3) is 4.68. The summed E-state index contributed by atoms with van der Waals surface area (Å²) in [5.74, 6) is -0.526. The number of likely N-dealkylation sites (tertiary alicyclic amines) is 1. The SMILES string of the molecule is CC[C@@H]1C[C@]1(NC(=O)[C@@H]1CCCN1C(=O)[C@@H](NC(=O)OC1C[C@@H]2C[C@@H]2C1)C(C)(C)C)C(=O)O. The van der Waals surface area contributed by atoms with Gasteiger partial charge in [0.15, 0.2) is 0 Å². The first-order chi connectivity index (χ1) is 15.5. The average molecular weight is 464 g/mol. The van der Waals surface area contributed by atoms with Crippen molar-refractivity contribution in [3.63, 3.8) is 0 Å². The first kappa shape index (κ1) is 23.8. The number of carboxylic acids is 1. The van der Waals surface area contributed by atoms with Crippen LogP contribution < -0.4 is 10.6 Å². The number of amides is 3. The smallest absolute Gasteiger partial charge is 0.408 e. The number of carbonyl (C=O) groups excluding carboxylic acids is 3. The Morgan fingerprint density at radius 1 is 1.15 bits per heavy atom. The van der Waals surface area contributed by atoms with Gasteiger partial charge in [-0.3, -0.25) is 9.59 Å². The second kappa shape index (κ2) is 8.47. The van der Waals surface area contributed by atoms with Crippen molar-refractivity contribution in [1.82, 2.24) is 15.5 Å². The number of carboxylic acid groups (broad SMARTS) is 1. The summed E-state index contributed by atoms with van der Waals surface area (Å²) in [6, 6.07) is -1.59. The number of rotatable bonds is 7. The molecule has 3 amide bonds.